The lowest BCUT2D eigenvalue weighted by Gasteiger charge is -2.17. The molecule has 0 amide bonds. The molecule has 0 aliphatic heterocycles. The maximum Gasteiger partial charge on any atom is 0.0556 e. The molecule has 0 spiro atoms. The minimum absolute atomic E-state index is 0.386. The van der Waals surface area contributed by atoms with Crippen LogP contribution < -0.4 is 0 Å². The molecule has 0 atom stereocenters. The monoisotopic (exact) mass is 304 g/mol. The van der Waals surface area contributed by atoms with E-state index in [9.17, 15) is 0 Å². The Morgan fingerprint density at radius 3 is 1.65 bits per heavy atom. The van der Waals surface area contributed by atoms with Crippen LogP contribution in [0, 0.1) is 10.8 Å². The zero-order chi connectivity index (χ0) is 15.5. The highest BCUT2D eigenvalue weighted by Crippen LogP contribution is 2.18. The van der Waals surface area contributed by atoms with E-state index < -0.39 is 0 Å². The second kappa shape index (κ2) is 10.9. The van der Waals surface area contributed by atoms with Gasteiger partial charge in [-0.1, -0.05) is 41.5 Å². The first-order valence-electron chi connectivity index (χ1n) is 7.94. The van der Waals surface area contributed by atoms with Gasteiger partial charge < -0.3 is 9.47 Å². The molecular weight excluding hydrogens is 268 g/mol. The molecule has 0 aromatic carbocycles. The van der Waals surface area contributed by atoms with Gasteiger partial charge in [-0.25, -0.2) is 0 Å². The van der Waals surface area contributed by atoms with E-state index in [1.165, 1.54) is 5.75 Å². The number of hydrogen-bond donors (Lipinski definition) is 0. The largest absolute Gasteiger partial charge is 0.381 e. The second-order valence-corrected chi connectivity index (χ2v) is 9.04. The molecule has 0 N–H and O–H groups in total. The summed E-state index contributed by atoms with van der Waals surface area (Å²) in [6.07, 6.45) is 3.43. The molecule has 0 radical (unpaired) electrons. The van der Waals surface area contributed by atoms with Gasteiger partial charge in [0.05, 0.1) is 6.61 Å². The molecule has 0 bridgehead atoms. The topological polar surface area (TPSA) is 18.5 Å². The number of hydrogen-bond acceptors (Lipinski definition) is 3. The maximum absolute atomic E-state index is 5.65. The van der Waals surface area contributed by atoms with Crippen LogP contribution in [-0.4, -0.2) is 37.9 Å². The fourth-order valence-corrected chi connectivity index (χ4v) is 2.21. The van der Waals surface area contributed by atoms with Gasteiger partial charge in [0.1, 0.15) is 0 Å². The van der Waals surface area contributed by atoms with Gasteiger partial charge >= 0.3 is 0 Å². The van der Waals surface area contributed by atoms with Crippen LogP contribution in [0.25, 0.3) is 0 Å². The van der Waals surface area contributed by atoms with Crippen LogP contribution in [0.4, 0.5) is 0 Å². The summed E-state index contributed by atoms with van der Waals surface area (Å²) in [6, 6.07) is 0. The summed E-state index contributed by atoms with van der Waals surface area (Å²) in [4.78, 5) is 0. The third-order valence-corrected chi connectivity index (χ3v) is 3.97. The third kappa shape index (κ3) is 18.3. The standard InChI is InChI=1S/C17H36O2S/c1-16(2,3)8-11-18-10-7-14-20-15-13-19-12-9-17(4,5)6/h7-15H2,1-6H3. The number of thioether (sulfide) groups is 1. The van der Waals surface area contributed by atoms with Gasteiger partial charge in [0.2, 0.25) is 0 Å². The molecule has 122 valence electrons. The van der Waals surface area contributed by atoms with Crippen molar-refractivity contribution in [1.29, 1.82) is 0 Å². The third-order valence-electron chi connectivity index (χ3n) is 2.94. The fraction of sp³-hybridized carbons (Fsp3) is 1.00. The van der Waals surface area contributed by atoms with Gasteiger partial charge in [-0.2, -0.15) is 11.8 Å². The van der Waals surface area contributed by atoms with Gasteiger partial charge in [0, 0.05) is 25.6 Å². The first kappa shape index (κ1) is 20.3. The van der Waals surface area contributed by atoms with Gasteiger partial charge in [-0.15, -0.1) is 0 Å². The molecular formula is C17H36O2S. The molecule has 0 heterocycles. The minimum atomic E-state index is 0.386. The van der Waals surface area contributed by atoms with Crippen LogP contribution in [-0.2, 0) is 9.47 Å². The summed E-state index contributed by atoms with van der Waals surface area (Å²) in [6.45, 7) is 17.1. The summed E-state index contributed by atoms with van der Waals surface area (Å²) >= 11 is 1.97. The van der Waals surface area contributed by atoms with Gasteiger partial charge in [0.15, 0.2) is 0 Å². The zero-order valence-corrected chi connectivity index (χ0v) is 15.4. The molecule has 0 fully saturated rings. The normalized spacial score (nSPS) is 12.9. The summed E-state index contributed by atoms with van der Waals surface area (Å²) in [5.41, 5.74) is 0.774. The van der Waals surface area contributed by atoms with E-state index in [2.05, 4.69) is 41.5 Å². The first-order valence-corrected chi connectivity index (χ1v) is 9.09. The molecule has 3 heteroatoms. The highest BCUT2D eigenvalue weighted by Gasteiger charge is 2.09. The summed E-state index contributed by atoms with van der Waals surface area (Å²) < 4.78 is 11.3. The first-order chi connectivity index (χ1) is 9.21. The second-order valence-electron chi connectivity index (χ2n) is 7.81. The number of ether oxygens (including phenoxy) is 2. The Bertz CT molecular complexity index is 192. The summed E-state index contributed by atoms with van der Waals surface area (Å²) in [5, 5.41) is 0. The Labute approximate surface area is 131 Å². The Morgan fingerprint density at radius 1 is 0.650 bits per heavy atom. The van der Waals surface area contributed by atoms with Crippen molar-refractivity contribution >= 4 is 11.8 Å². The van der Waals surface area contributed by atoms with Gasteiger partial charge in [0.25, 0.3) is 0 Å². The lowest BCUT2D eigenvalue weighted by atomic mass is 9.93. The van der Waals surface area contributed by atoms with Gasteiger partial charge in [-0.05, 0) is 35.8 Å². The van der Waals surface area contributed by atoms with Crippen LogP contribution in [0.15, 0.2) is 0 Å². The SMILES string of the molecule is CC(C)(C)CCOCCCSCCOCCC(C)(C)C. The predicted octanol–water partition coefficient (Wildman–Crippen LogP) is 5.02. The molecule has 0 saturated heterocycles. The Morgan fingerprint density at radius 2 is 1.15 bits per heavy atom. The highest BCUT2D eigenvalue weighted by molar-refractivity contribution is 7.99. The Kier molecular flexibility index (Phi) is 11.1. The van der Waals surface area contributed by atoms with E-state index in [4.69, 9.17) is 9.47 Å². The van der Waals surface area contributed by atoms with Crippen molar-refractivity contribution in [3.8, 4) is 0 Å². The average Bonchev–Trinajstić information content (AvgIpc) is 2.27. The molecule has 20 heavy (non-hydrogen) atoms. The quantitative estimate of drug-likeness (QED) is 0.500. The molecule has 0 aliphatic rings. The maximum atomic E-state index is 5.65. The lowest BCUT2D eigenvalue weighted by molar-refractivity contribution is 0.109. The van der Waals surface area contributed by atoms with E-state index >= 15 is 0 Å². The highest BCUT2D eigenvalue weighted by atomic mass is 32.2. The Balaban J connectivity index is 3.10. The van der Waals surface area contributed by atoms with Crippen molar-refractivity contribution in [2.24, 2.45) is 10.8 Å². The van der Waals surface area contributed by atoms with Crippen molar-refractivity contribution in [1.82, 2.24) is 0 Å². The molecule has 0 rings (SSSR count). The molecule has 0 aromatic rings. The van der Waals surface area contributed by atoms with Crippen LogP contribution in [0.1, 0.15) is 60.8 Å². The fourth-order valence-electron chi connectivity index (χ4n) is 1.44. The smallest absolute Gasteiger partial charge is 0.0556 e. The Hall–Kier alpha value is 0.270. The molecule has 0 saturated carbocycles. The predicted molar refractivity (Wildman–Crippen MR) is 91.7 cm³/mol. The minimum Gasteiger partial charge on any atom is -0.381 e. The van der Waals surface area contributed by atoms with Crippen LogP contribution in [0.2, 0.25) is 0 Å². The summed E-state index contributed by atoms with van der Waals surface area (Å²) in [5.74, 6) is 2.28. The van der Waals surface area contributed by atoms with Crippen molar-refractivity contribution < 1.29 is 9.47 Å². The van der Waals surface area contributed by atoms with E-state index in [1.807, 2.05) is 11.8 Å². The van der Waals surface area contributed by atoms with Crippen LogP contribution in [0.5, 0.6) is 0 Å². The zero-order valence-electron chi connectivity index (χ0n) is 14.6. The van der Waals surface area contributed by atoms with Crippen molar-refractivity contribution in [2.45, 2.75) is 60.8 Å². The summed E-state index contributed by atoms with van der Waals surface area (Å²) in [7, 11) is 0. The van der Waals surface area contributed by atoms with E-state index in [1.54, 1.807) is 0 Å². The van der Waals surface area contributed by atoms with Crippen LogP contribution in [0.3, 0.4) is 0 Å². The van der Waals surface area contributed by atoms with E-state index in [0.29, 0.717) is 10.8 Å². The lowest BCUT2D eigenvalue weighted by Crippen LogP contribution is -2.11. The molecule has 0 aromatic heterocycles. The van der Waals surface area contributed by atoms with E-state index in [-0.39, 0.29) is 0 Å². The molecule has 2 nitrogen and oxygen atoms in total. The number of rotatable bonds is 11. The van der Waals surface area contributed by atoms with Crippen molar-refractivity contribution in [3.63, 3.8) is 0 Å². The van der Waals surface area contributed by atoms with E-state index in [0.717, 1.165) is 51.4 Å². The van der Waals surface area contributed by atoms with Crippen LogP contribution >= 0.6 is 11.8 Å². The van der Waals surface area contributed by atoms with Gasteiger partial charge in [-0.3, -0.25) is 0 Å². The molecule has 0 unspecified atom stereocenters. The van der Waals surface area contributed by atoms with Crippen molar-refractivity contribution in [3.05, 3.63) is 0 Å². The van der Waals surface area contributed by atoms with Crippen molar-refractivity contribution in [2.75, 3.05) is 37.9 Å². The average molecular weight is 305 g/mol. The molecule has 0 aliphatic carbocycles.